The molecule has 0 saturated carbocycles. The zero-order chi connectivity index (χ0) is 10.7. The van der Waals surface area contributed by atoms with Gasteiger partial charge in [0.25, 0.3) is 0 Å². The lowest BCUT2D eigenvalue weighted by Gasteiger charge is -2.11. The average Bonchev–Trinajstić information content (AvgIpc) is 2.91. The molecule has 3 nitrogen and oxygen atoms in total. The van der Waals surface area contributed by atoms with Crippen molar-refractivity contribution in [3.8, 4) is 0 Å². The average molecular weight is 280 g/mol. The Kier molecular flexibility index (Phi) is 5.75. The topological polar surface area (TPSA) is 38.3 Å². The van der Waals surface area contributed by atoms with Gasteiger partial charge < -0.3 is 10.1 Å². The first-order valence-electron chi connectivity index (χ1n) is 4.91. The largest absolute Gasteiger partial charge is 0.428 e. The Labute approximate surface area is 110 Å². The fourth-order valence-electron chi connectivity index (χ4n) is 1.52. The number of nitrogens with one attached hydrogen (secondary N) is 1. The van der Waals surface area contributed by atoms with Gasteiger partial charge in [0.15, 0.2) is 0 Å². The molecule has 1 N–H and O–H groups in total. The summed E-state index contributed by atoms with van der Waals surface area (Å²) in [6.07, 6.45) is 1.94. The highest BCUT2D eigenvalue weighted by Crippen LogP contribution is 2.40. The highest BCUT2D eigenvalue weighted by Gasteiger charge is 2.24. The van der Waals surface area contributed by atoms with E-state index in [2.05, 4.69) is 5.32 Å². The molecule has 0 radical (unpaired) electrons. The molecule has 0 aliphatic carbocycles. The summed E-state index contributed by atoms with van der Waals surface area (Å²) in [5, 5.41) is 7.11. The molecule has 0 bridgehead atoms. The van der Waals surface area contributed by atoms with Gasteiger partial charge >= 0.3 is 5.97 Å². The Balaban J connectivity index is 0.00000128. The van der Waals surface area contributed by atoms with Crippen molar-refractivity contribution >= 4 is 41.9 Å². The van der Waals surface area contributed by atoms with Crippen LogP contribution < -0.4 is 5.32 Å². The van der Waals surface area contributed by atoms with E-state index in [-0.39, 0.29) is 24.4 Å². The lowest BCUT2D eigenvalue weighted by atomic mass is 10.2. The van der Waals surface area contributed by atoms with Crippen LogP contribution in [0.3, 0.4) is 0 Å². The van der Waals surface area contributed by atoms with Crippen molar-refractivity contribution in [3.05, 3.63) is 20.8 Å². The second-order valence-electron chi connectivity index (χ2n) is 3.42. The third-order valence-corrected chi connectivity index (χ3v) is 4.59. The van der Waals surface area contributed by atoms with Crippen LogP contribution in [0.2, 0.25) is 0 Å². The molecule has 0 amide bonds. The Morgan fingerprint density at radius 1 is 1.50 bits per heavy atom. The van der Waals surface area contributed by atoms with E-state index in [1.165, 1.54) is 0 Å². The quantitative estimate of drug-likeness (QED) is 0.622. The fraction of sp³-hybridized carbons (Fsp3) is 0.500. The third kappa shape index (κ3) is 3.45. The van der Waals surface area contributed by atoms with Crippen LogP contribution in [0.5, 0.6) is 0 Å². The molecule has 6 heteroatoms. The first-order chi connectivity index (χ1) is 7.27. The van der Waals surface area contributed by atoms with Gasteiger partial charge in [-0.3, -0.25) is 0 Å². The summed E-state index contributed by atoms with van der Waals surface area (Å²) < 4.78 is 6.37. The minimum atomic E-state index is -0.148. The number of allylic oxidation sites excluding steroid dienone is 1. The van der Waals surface area contributed by atoms with Crippen LogP contribution in [0, 0.1) is 0 Å². The number of hydrogen-bond donors (Lipinski definition) is 1. The molecule has 1 unspecified atom stereocenters. The highest BCUT2D eigenvalue weighted by atomic mass is 35.5. The van der Waals surface area contributed by atoms with Gasteiger partial charge in [-0.05, 0) is 37.1 Å². The smallest absolute Gasteiger partial charge is 0.328 e. The maximum absolute atomic E-state index is 11.7. The molecule has 0 aromatic heterocycles. The van der Waals surface area contributed by atoms with Crippen LogP contribution in [0.25, 0.3) is 0 Å². The summed E-state index contributed by atoms with van der Waals surface area (Å²) in [5.41, 5.74) is 0. The Morgan fingerprint density at radius 3 is 2.75 bits per heavy atom. The molecule has 1 atom stereocenters. The number of hydrogen-bond acceptors (Lipinski definition) is 5. The van der Waals surface area contributed by atoms with Crippen molar-refractivity contribution in [2.24, 2.45) is 0 Å². The minimum absolute atomic E-state index is 0. The zero-order valence-corrected chi connectivity index (χ0v) is 11.3. The van der Waals surface area contributed by atoms with Gasteiger partial charge in [-0.15, -0.1) is 12.4 Å². The molecule has 1 fully saturated rings. The second-order valence-corrected chi connectivity index (χ2v) is 5.51. The fourth-order valence-corrected chi connectivity index (χ4v) is 3.18. The molecule has 2 aliphatic rings. The van der Waals surface area contributed by atoms with Crippen LogP contribution in [0.1, 0.15) is 19.8 Å². The van der Waals surface area contributed by atoms with E-state index in [9.17, 15) is 4.79 Å². The van der Waals surface area contributed by atoms with E-state index in [0.29, 0.717) is 5.76 Å². The molecule has 1 saturated heterocycles. The molecule has 0 aromatic rings. The minimum Gasteiger partial charge on any atom is -0.428 e. The third-order valence-electron chi connectivity index (χ3n) is 2.29. The second kappa shape index (κ2) is 6.59. The van der Waals surface area contributed by atoms with Crippen molar-refractivity contribution in [3.63, 3.8) is 0 Å². The predicted octanol–water partition coefficient (Wildman–Crippen LogP) is 2.84. The molecular weight excluding hydrogens is 266 g/mol. The van der Waals surface area contributed by atoms with Crippen molar-refractivity contribution in [2.45, 2.75) is 25.8 Å². The Morgan fingerprint density at radius 2 is 2.19 bits per heavy atom. The summed E-state index contributed by atoms with van der Waals surface area (Å²) in [6, 6.07) is -0.107. The number of carbonyl (C=O) groups is 1. The molecule has 0 spiro atoms. The maximum atomic E-state index is 11.7. The molecule has 16 heavy (non-hydrogen) atoms. The normalized spacial score (nSPS) is 23.1. The number of ether oxygens (including phenoxy) is 1. The van der Waals surface area contributed by atoms with Gasteiger partial charge in [0.1, 0.15) is 11.8 Å². The first-order valence-corrected chi connectivity index (χ1v) is 6.67. The van der Waals surface area contributed by atoms with Crippen LogP contribution in [0.4, 0.5) is 0 Å². The lowest BCUT2D eigenvalue weighted by Crippen LogP contribution is -2.32. The summed E-state index contributed by atoms with van der Waals surface area (Å²) in [5.74, 6) is 0.569. The first kappa shape index (κ1) is 14.0. The molecule has 90 valence electrons. The van der Waals surface area contributed by atoms with Gasteiger partial charge in [0.05, 0.1) is 4.24 Å². The summed E-state index contributed by atoms with van der Waals surface area (Å²) in [4.78, 5) is 11.7. The monoisotopic (exact) mass is 279 g/mol. The van der Waals surface area contributed by atoms with Crippen LogP contribution >= 0.6 is 35.9 Å². The van der Waals surface area contributed by atoms with E-state index in [1.807, 2.05) is 17.7 Å². The van der Waals surface area contributed by atoms with E-state index in [4.69, 9.17) is 4.74 Å². The Hall–Kier alpha value is -0.100. The Bertz CT molecular complexity index is 315. The van der Waals surface area contributed by atoms with Gasteiger partial charge in [-0.25, -0.2) is 4.79 Å². The van der Waals surface area contributed by atoms with E-state index < -0.39 is 0 Å². The van der Waals surface area contributed by atoms with Crippen LogP contribution in [0.15, 0.2) is 20.8 Å². The molecule has 0 aromatic carbocycles. The maximum Gasteiger partial charge on any atom is 0.328 e. The standard InChI is InChI=1S/C10H13NO2S2.ClH/c1-7(10-14-5-6-15-10)13-9(12)8-3-2-4-11-8;/h5-6,8,11H,2-4H2,1H3;1H. The van der Waals surface area contributed by atoms with Crippen LogP contribution in [-0.2, 0) is 9.53 Å². The van der Waals surface area contributed by atoms with E-state index >= 15 is 0 Å². The molecule has 2 rings (SSSR count). The van der Waals surface area contributed by atoms with Gasteiger partial charge in [0.2, 0.25) is 0 Å². The predicted molar refractivity (Wildman–Crippen MR) is 71.4 cm³/mol. The van der Waals surface area contributed by atoms with Crippen molar-refractivity contribution in [1.29, 1.82) is 0 Å². The van der Waals surface area contributed by atoms with E-state index in [1.54, 1.807) is 23.5 Å². The number of esters is 1. The number of carbonyl (C=O) groups excluding carboxylic acids is 1. The van der Waals surface area contributed by atoms with Gasteiger partial charge in [-0.1, -0.05) is 23.5 Å². The van der Waals surface area contributed by atoms with Crippen molar-refractivity contribution < 1.29 is 9.53 Å². The van der Waals surface area contributed by atoms with Gasteiger partial charge in [-0.2, -0.15) is 0 Å². The molecule has 2 heterocycles. The molecule has 2 aliphatic heterocycles. The lowest BCUT2D eigenvalue weighted by molar-refractivity contribution is -0.141. The van der Waals surface area contributed by atoms with Crippen molar-refractivity contribution in [2.75, 3.05) is 6.54 Å². The molecular formula is C10H14ClNO2S2. The van der Waals surface area contributed by atoms with Crippen LogP contribution in [-0.4, -0.2) is 18.6 Å². The highest BCUT2D eigenvalue weighted by molar-refractivity contribution is 8.27. The number of halogens is 1. The van der Waals surface area contributed by atoms with E-state index in [0.717, 1.165) is 23.6 Å². The summed E-state index contributed by atoms with van der Waals surface area (Å²) in [7, 11) is 0. The zero-order valence-electron chi connectivity index (χ0n) is 8.89. The summed E-state index contributed by atoms with van der Waals surface area (Å²) in [6.45, 7) is 2.76. The van der Waals surface area contributed by atoms with Crippen molar-refractivity contribution in [1.82, 2.24) is 5.32 Å². The SMILES string of the molecule is CC(OC(=O)C1CCCN1)=C1SC=CS1.Cl. The summed E-state index contributed by atoms with van der Waals surface area (Å²) >= 11 is 3.20. The van der Waals surface area contributed by atoms with Gasteiger partial charge in [0, 0.05) is 0 Å². The number of rotatable bonds is 2. The number of thioether (sulfide) groups is 2.